The Morgan fingerprint density at radius 2 is 2.00 bits per heavy atom. The maximum absolute atomic E-state index is 12.4. The lowest BCUT2D eigenvalue weighted by Crippen LogP contribution is -2.28. The normalized spacial score (nSPS) is 18.8. The maximum Gasteiger partial charge on any atom is 0.240 e. The number of para-hydroxylation sites is 1. The zero-order chi connectivity index (χ0) is 21.1. The Morgan fingerprint density at radius 3 is 2.80 bits per heavy atom. The van der Waals surface area contributed by atoms with Gasteiger partial charge in [0.25, 0.3) is 0 Å². The molecule has 0 unspecified atom stereocenters. The summed E-state index contributed by atoms with van der Waals surface area (Å²) in [6.07, 6.45) is 1.61. The molecule has 1 fully saturated rings. The summed E-state index contributed by atoms with van der Waals surface area (Å²) in [6, 6.07) is 11.2. The van der Waals surface area contributed by atoms with E-state index in [1.165, 1.54) is 11.8 Å². The Labute approximate surface area is 177 Å². The molecule has 8 nitrogen and oxygen atoms in total. The van der Waals surface area contributed by atoms with E-state index in [-0.39, 0.29) is 25.0 Å². The minimum atomic E-state index is -0.547. The van der Waals surface area contributed by atoms with Gasteiger partial charge in [0, 0.05) is 12.1 Å². The molecular weight excluding hydrogens is 404 g/mol. The second kappa shape index (κ2) is 8.58. The van der Waals surface area contributed by atoms with E-state index in [1.807, 2.05) is 38.1 Å². The SMILES string of the molecule is Cc1cccc(C)c1NC(=O)C[C@@H]1S/C(=N\N=Cc2ccc3c(c2)OCO3)NC1=O. The number of amides is 2. The molecule has 0 bridgehead atoms. The van der Waals surface area contributed by atoms with Gasteiger partial charge in [0.05, 0.1) is 6.21 Å². The van der Waals surface area contributed by atoms with Crippen LogP contribution in [0.4, 0.5) is 5.69 Å². The van der Waals surface area contributed by atoms with E-state index in [0.29, 0.717) is 16.7 Å². The monoisotopic (exact) mass is 424 g/mol. The van der Waals surface area contributed by atoms with Gasteiger partial charge in [-0.25, -0.2) is 0 Å². The first-order chi connectivity index (χ1) is 14.5. The highest BCUT2D eigenvalue weighted by atomic mass is 32.2. The number of thioether (sulfide) groups is 1. The highest BCUT2D eigenvalue weighted by Crippen LogP contribution is 2.32. The lowest BCUT2D eigenvalue weighted by atomic mass is 10.1. The zero-order valence-corrected chi connectivity index (χ0v) is 17.3. The van der Waals surface area contributed by atoms with Crippen LogP contribution in [0.2, 0.25) is 0 Å². The summed E-state index contributed by atoms with van der Waals surface area (Å²) in [4.78, 5) is 24.6. The number of nitrogens with one attached hydrogen (secondary N) is 2. The largest absolute Gasteiger partial charge is 0.454 e. The van der Waals surface area contributed by atoms with E-state index < -0.39 is 5.25 Å². The lowest BCUT2D eigenvalue weighted by molar-refractivity contribution is -0.122. The van der Waals surface area contributed by atoms with Crippen molar-refractivity contribution in [1.82, 2.24) is 5.32 Å². The Morgan fingerprint density at radius 1 is 1.23 bits per heavy atom. The molecule has 0 aromatic heterocycles. The fourth-order valence-electron chi connectivity index (χ4n) is 3.10. The standard InChI is InChI=1S/C21H20N4O4S/c1-12-4-3-5-13(2)19(12)23-18(26)9-17-20(27)24-21(30-17)25-22-10-14-6-7-15-16(8-14)29-11-28-15/h3-8,10,17H,9,11H2,1-2H3,(H,23,26)(H,24,25,27)/t17-/m0/s1. The highest BCUT2D eigenvalue weighted by Gasteiger charge is 2.32. The molecule has 2 amide bonds. The zero-order valence-electron chi connectivity index (χ0n) is 16.5. The summed E-state index contributed by atoms with van der Waals surface area (Å²) in [5.74, 6) is 0.878. The Kier molecular flexibility index (Phi) is 5.71. The smallest absolute Gasteiger partial charge is 0.240 e. The summed E-state index contributed by atoms with van der Waals surface area (Å²) in [7, 11) is 0. The molecule has 0 aliphatic carbocycles. The minimum absolute atomic E-state index is 0.0508. The highest BCUT2D eigenvalue weighted by molar-refractivity contribution is 8.15. The van der Waals surface area contributed by atoms with Gasteiger partial charge >= 0.3 is 0 Å². The van der Waals surface area contributed by atoms with Crippen LogP contribution >= 0.6 is 11.8 Å². The number of carbonyl (C=O) groups excluding carboxylic acids is 2. The first-order valence-electron chi connectivity index (χ1n) is 9.34. The number of anilines is 1. The summed E-state index contributed by atoms with van der Waals surface area (Å²) < 4.78 is 10.6. The molecule has 30 heavy (non-hydrogen) atoms. The number of ether oxygens (including phenoxy) is 2. The summed E-state index contributed by atoms with van der Waals surface area (Å²) in [5, 5.41) is 13.4. The fraction of sp³-hybridized carbons (Fsp3) is 0.238. The van der Waals surface area contributed by atoms with Gasteiger partial charge in [-0.3, -0.25) is 9.59 Å². The second-order valence-corrected chi connectivity index (χ2v) is 8.07. The van der Waals surface area contributed by atoms with Crippen molar-refractivity contribution in [2.24, 2.45) is 10.2 Å². The number of fused-ring (bicyclic) bond motifs is 1. The Hall–Kier alpha value is -3.33. The lowest BCUT2D eigenvalue weighted by Gasteiger charge is -2.12. The van der Waals surface area contributed by atoms with E-state index in [9.17, 15) is 9.59 Å². The molecule has 4 rings (SSSR count). The van der Waals surface area contributed by atoms with Gasteiger partial charge in [-0.2, -0.15) is 5.10 Å². The number of aryl methyl sites for hydroxylation is 2. The van der Waals surface area contributed by atoms with Gasteiger partial charge in [0.2, 0.25) is 18.6 Å². The van der Waals surface area contributed by atoms with Gasteiger partial charge in [0.1, 0.15) is 5.25 Å². The molecule has 0 spiro atoms. The molecule has 2 N–H and O–H groups in total. The van der Waals surface area contributed by atoms with Crippen molar-refractivity contribution in [3.63, 3.8) is 0 Å². The topological polar surface area (TPSA) is 101 Å². The van der Waals surface area contributed by atoms with Gasteiger partial charge in [-0.15, -0.1) is 5.10 Å². The van der Waals surface area contributed by atoms with Crippen molar-refractivity contribution in [3.8, 4) is 11.5 Å². The van der Waals surface area contributed by atoms with Crippen LogP contribution in [0.3, 0.4) is 0 Å². The van der Waals surface area contributed by atoms with Crippen molar-refractivity contribution in [2.45, 2.75) is 25.5 Å². The number of amidine groups is 1. The third-order valence-corrected chi connectivity index (χ3v) is 5.72. The molecule has 2 aliphatic rings. The molecule has 2 heterocycles. The van der Waals surface area contributed by atoms with Gasteiger partial charge < -0.3 is 20.1 Å². The molecular formula is C21H20N4O4S. The summed E-state index contributed by atoms with van der Waals surface area (Å²) in [6.45, 7) is 4.07. The maximum atomic E-state index is 12.4. The molecule has 2 aromatic carbocycles. The van der Waals surface area contributed by atoms with Crippen LogP contribution in [-0.2, 0) is 9.59 Å². The van der Waals surface area contributed by atoms with E-state index >= 15 is 0 Å². The van der Waals surface area contributed by atoms with Gasteiger partial charge in [-0.1, -0.05) is 30.0 Å². The first-order valence-corrected chi connectivity index (χ1v) is 10.2. The average molecular weight is 424 g/mol. The van der Waals surface area contributed by atoms with Crippen molar-refractivity contribution >= 4 is 40.6 Å². The predicted octanol–water partition coefficient (Wildman–Crippen LogP) is 2.98. The number of benzene rings is 2. The molecule has 0 radical (unpaired) electrons. The quantitative estimate of drug-likeness (QED) is 0.568. The fourth-order valence-corrected chi connectivity index (χ4v) is 4.02. The number of nitrogens with zero attached hydrogens (tertiary/aromatic N) is 2. The van der Waals surface area contributed by atoms with Crippen LogP contribution in [0.25, 0.3) is 0 Å². The number of rotatable bonds is 5. The van der Waals surface area contributed by atoms with E-state index in [1.54, 1.807) is 18.3 Å². The molecule has 2 aromatic rings. The predicted molar refractivity (Wildman–Crippen MR) is 116 cm³/mol. The third kappa shape index (κ3) is 4.46. The Bertz CT molecular complexity index is 1050. The number of hydrogen-bond donors (Lipinski definition) is 2. The molecule has 9 heteroatoms. The van der Waals surface area contributed by atoms with Gasteiger partial charge in [0.15, 0.2) is 16.7 Å². The molecule has 0 saturated carbocycles. The van der Waals surface area contributed by atoms with E-state index in [2.05, 4.69) is 20.8 Å². The molecule has 154 valence electrons. The van der Waals surface area contributed by atoms with Crippen LogP contribution in [0.15, 0.2) is 46.6 Å². The second-order valence-electron chi connectivity index (χ2n) is 6.88. The summed E-state index contributed by atoms with van der Waals surface area (Å²) >= 11 is 1.19. The first kappa shape index (κ1) is 20.0. The minimum Gasteiger partial charge on any atom is -0.454 e. The van der Waals surface area contributed by atoms with Crippen molar-refractivity contribution in [1.29, 1.82) is 0 Å². The van der Waals surface area contributed by atoms with Crippen molar-refractivity contribution in [3.05, 3.63) is 53.1 Å². The van der Waals surface area contributed by atoms with Crippen LogP contribution in [0, 0.1) is 13.8 Å². The van der Waals surface area contributed by atoms with Crippen molar-refractivity contribution < 1.29 is 19.1 Å². The molecule has 1 saturated heterocycles. The Balaban J connectivity index is 1.35. The van der Waals surface area contributed by atoms with Crippen LogP contribution in [0.5, 0.6) is 11.5 Å². The number of hydrogen-bond acceptors (Lipinski definition) is 7. The number of carbonyl (C=O) groups is 2. The van der Waals surface area contributed by atoms with Crippen molar-refractivity contribution in [2.75, 3.05) is 12.1 Å². The van der Waals surface area contributed by atoms with Gasteiger partial charge in [-0.05, 0) is 48.7 Å². The molecule has 1 atom stereocenters. The van der Waals surface area contributed by atoms with E-state index in [4.69, 9.17) is 9.47 Å². The summed E-state index contributed by atoms with van der Waals surface area (Å²) in [5.41, 5.74) is 3.54. The van der Waals surface area contributed by atoms with Crippen LogP contribution < -0.4 is 20.1 Å². The van der Waals surface area contributed by atoms with E-state index in [0.717, 1.165) is 22.4 Å². The van der Waals surface area contributed by atoms with Crippen LogP contribution in [0.1, 0.15) is 23.1 Å². The third-order valence-electron chi connectivity index (χ3n) is 4.64. The van der Waals surface area contributed by atoms with Crippen LogP contribution in [-0.4, -0.2) is 35.2 Å². The molecule has 2 aliphatic heterocycles. The average Bonchev–Trinajstić information content (AvgIpc) is 3.31.